The number of anilines is 1. The van der Waals surface area contributed by atoms with Gasteiger partial charge in [0.25, 0.3) is 15.9 Å². The van der Waals surface area contributed by atoms with Crippen molar-refractivity contribution >= 4 is 54.8 Å². The van der Waals surface area contributed by atoms with E-state index in [0.717, 1.165) is 5.56 Å². The Bertz CT molecular complexity index is 1950. The molecule has 46 heavy (non-hydrogen) atoms. The fourth-order valence-corrected chi connectivity index (χ4v) is 7.75. The molecule has 242 valence electrons. The fraction of sp³-hybridized carbons (Fsp3) is 0.242. The molecular formula is C33H33Cl2N3O6S2. The molecule has 4 aromatic rings. The van der Waals surface area contributed by atoms with Gasteiger partial charge in [0.2, 0.25) is 10.0 Å². The van der Waals surface area contributed by atoms with Gasteiger partial charge >= 0.3 is 0 Å². The van der Waals surface area contributed by atoms with Crippen molar-refractivity contribution in [3.05, 3.63) is 112 Å². The van der Waals surface area contributed by atoms with Crippen molar-refractivity contribution in [3.8, 4) is 11.5 Å². The van der Waals surface area contributed by atoms with Crippen molar-refractivity contribution < 1.29 is 26.4 Å². The first kappa shape index (κ1) is 33.7. The van der Waals surface area contributed by atoms with Crippen molar-refractivity contribution in [1.29, 1.82) is 0 Å². The third-order valence-electron chi connectivity index (χ3n) is 7.54. The molecule has 1 amide bonds. The molecule has 0 bridgehead atoms. The first-order valence-corrected chi connectivity index (χ1v) is 18.1. The van der Waals surface area contributed by atoms with Crippen LogP contribution in [0.25, 0.3) is 0 Å². The van der Waals surface area contributed by atoms with E-state index in [2.05, 4.69) is 25.5 Å². The topological polar surface area (TPSA) is 113 Å². The van der Waals surface area contributed by atoms with E-state index in [0.29, 0.717) is 16.5 Å². The van der Waals surface area contributed by atoms with Crippen LogP contribution in [0.1, 0.15) is 36.7 Å². The first-order chi connectivity index (χ1) is 21.6. The second-order valence-electron chi connectivity index (χ2n) is 11.8. The van der Waals surface area contributed by atoms with Gasteiger partial charge in [-0.15, -0.1) is 0 Å². The Kier molecular flexibility index (Phi) is 9.72. The van der Waals surface area contributed by atoms with E-state index in [1.807, 2.05) is 12.1 Å². The maximum atomic E-state index is 13.6. The van der Waals surface area contributed by atoms with Gasteiger partial charge in [-0.2, -0.15) is 4.31 Å². The molecule has 13 heteroatoms. The summed E-state index contributed by atoms with van der Waals surface area (Å²) in [5.74, 6) is 0.336. The number of halogens is 2. The predicted molar refractivity (Wildman–Crippen MR) is 180 cm³/mol. The van der Waals surface area contributed by atoms with E-state index in [9.17, 15) is 21.6 Å². The number of nitrogens with zero attached hydrogens (tertiary/aromatic N) is 2. The van der Waals surface area contributed by atoms with Crippen LogP contribution in [0.15, 0.2) is 101 Å². The van der Waals surface area contributed by atoms with E-state index >= 15 is 0 Å². The quantitative estimate of drug-likeness (QED) is 0.211. The number of para-hydroxylation sites is 1. The second-order valence-corrected chi connectivity index (χ2v) is 16.2. The summed E-state index contributed by atoms with van der Waals surface area (Å²) in [6.45, 7) is 6.56. The van der Waals surface area contributed by atoms with Crippen LogP contribution >= 0.6 is 23.2 Å². The number of carbonyl (C=O) groups excluding carboxylic acids is 1. The average Bonchev–Trinajstić information content (AvgIpc) is 3.02. The number of nitrogens with one attached hydrogen (secondary N) is 1. The molecule has 1 saturated heterocycles. The zero-order valence-electron chi connectivity index (χ0n) is 25.4. The maximum Gasteiger partial charge on any atom is 0.261 e. The number of sulfonamides is 2. The van der Waals surface area contributed by atoms with Crippen LogP contribution in [-0.2, 0) is 25.5 Å². The molecular weight excluding hydrogens is 669 g/mol. The lowest BCUT2D eigenvalue weighted by Gasteiger charge is -2.34. The molecule has 4 aromatic carbocycles. The lowest BCUT2D eigenvalue weighted by Crippen LogP contribution is -2.50. The van der Waals surface area contributed by atoms with Crippen molar-refractivity contribution in [2.75, 3.05) is 30.9 Å². The van der Waals surface area contributed by atoms with Crippen LogP contribution in [0.3, 0.4) is 0 Å². The number of rotatable bonds is 8. The molecule has 0 aliphatic carbocycles. The Morgan fingerprint density at radius 3 is 2.00 bits per heavy atom. The molecule has 5 rings (SSSR count). The summed E-state index contributed by atoms with van der Waals surface area (Å²) >= 11 is 12.4. The van der Waals surface area contributed by atoms with Crippen LogP contribution in [-0.4, -0.2) is 58.1 Å². The largest absolute Gasteiger partial charge is 0.456 e. The minimum atomic E-state index is -4.11. The highest BCUT2D eigenvalue weighted by molar-refractivity contribution is 7.92. The monoisotopic (exact) mass is 701 g/mol. The molecule has 0 atom stereocenters. The molecule has 1 N–H and O–H groups in total. The summed E-state index contributed by atoms with van der Waals surface area (Å²) in [4.78, 5) is 15.3. The molecule has 1 fully saturated rings. The van der Waals surface area contributed by atoms with Gasteiger partial charge in [-0.05, 0) is 77.7 Å². The highest BCUT2D eigenvalue weighted by Gasteiger charge is 2.32. The zero-order valence-corrected chi connectivity index (χ0v) is 28.5. The maximum absolute atomic E-state index is 13.6. The standard InChI is InChI=1S/C33H33Cl2N3O6S2/c1-33(2,3)23-8-13-27(14-9-23)46(42,43)38-20-18-37(19-21-38)32(39)28-22-24(34)10-17-30(28)36-45(40,41)26-15-11-25(12-16-26)44-31-7-5-4-6-29(31)35/h4-17,22,36H,18-21H2,1-3H3. The summed E-state index contributed by atoms with van der Waals surface area (Å²) < 4.78 is 62.9. The van der Waals surface area contributed by atoms with Gasteiger partial charge in [0.1, 0.15) is 11.5 Å². The molecule has 9 nitrogen and oxygen atoms in total. The number of benzene rings is 4. The van der Waals surface area contributed by atoms with Gasteiger partial charge in [0.15, 0.2) is 0 Å². The lowest BCUT2D eigenvalue weighted by atomic mass is 9.87. The number of hydrogen-bond acceptors (Lipinski definition) is 6. The summed E-state index contributed by atoms with van der Waals surface area (Å²) in [6.07, 6.45) is 0. The smallest absolute Gasteiger partial charge is 0.261 e. The van der Waals surface area contributed by atoms with Gasteiger partial charge in [0.05, 0.1) is 26.1 Å². The van der Waals surface area contributed by atoms with Crippen molar-refractivity contribution in [1.82, 2.24) is 9.21 Å². The molecule has 0 saturated carbocycles. The molecule has 1 aliphatic rings. The van der Waals surface area contributed by atoms with Gasteiger partial charge in [-0.25, -0.2) is 16.8 Å². The third kappa shape index (κ3) is 7.50. The summed E-state index contributed by atoms with van der Waals surface area (Å²) in [7, 11) is -7.88. The van der Waals surface area contributed by atoms with Gasteiger partial charge in [0, 0.05) is 31.2 Å². The number of amides is 1. The third-order valence-corrected chi connectivity index (χ3v) is 11.4. The van der Waals surface area contributed by atoms with Crippen LogP contribution in [0.4, 0.5) is 5.69 Å². The molecule has 1 aliphatic heterocycles. The van der Waals surface area contributed by atoms with Crippen LogP contribution < -0.4 is 9.46 Å². The Labute approximate surface area is 279 Å². The molecule has 0 aromatic heterocycles. The molecule has 0 radical (unpaired) electrons. The van der Waals surface area contributed by atoms with Crippen molar-refractivity contribution in [2.45, 2.75) is 36.0 Å². The summed E-state index contributed by atoms with van der Waals surface area (Å²) in [5, 5.41) is 0.655. The van der Waals surface area contributed by atoms with Gasteiger partial charge in [-0.3, -0.25) is 9.52 Å². The highest BCUT2D eigenvalue weighted by atomic mass is 35.5. The number of piperazine rings is 1. The Balaban J connectivity index is 1.28. The minimum Gasteiger partial charge on any atom is -0.456 e. The Morgan fingerprint density at radius 1 is 0.783 bits per heavy atom. The van der Waals surface area contributed by atoms with E-state index in [1.54, 1.807) is 36.4 Å². The lowest BCUT2D eigenvalue weighted by molar-refractivity contribution is 0.0699. The number of ether oxygens (including phenoxy) is 1. The van der Waals surface area contributed by atoms with Crippen LogP contribution in [0.2, 0.25) is 10.0 Å². The average molecular weight is 703 g/mol. The van der Waals surface area contributed by atoms with E-state index in [4.69, 9.17) is 27.9 Å². The zero-order chi connectivity index (χ0) is 33.3. The number of hydrogen-bond donors (Lipinski definition) is 1. The van der Waals surface area contributed by atoms with Gasteiger partial charge < -0.3 is 9.64 Å². The van der Waals surface area contributed by atoms with Crippen molar-refractivity contribution in [3.63, 3.8) is 0 Å². The normalized spacial score (nSPS) is 14.6. The molecule has 0 unspecified atom stereocenters. The molecule has 1 heterocycles. The highest BCUT2D eigenvalue weighted by Crippen LogP contribution is 2.31. The van der Waals surface area contributed by atoms with E-state index < -0.39 is 26.0 Å². The Hall–Kier alpha value is -3.61. The Morgan fingerprint density at radius 2 is 1.39 bits per heavy atom. The van der Waals surface area contributed by atoms with Crippen LogP contribution in [0.5, 0.6) is 11.5 Å². The van der Waals surface area contributed by atoms with E-state index in [-0.39, 0.29) is 57.7 Å². The fourth-order valence-electron chi connectivity index (χ4n) is 4.91. The van der Waals surface area contributed by atoms with Gasteiger partial charge in [-0.1, -0.05) is 68.2 Å². The summed E-state index contributed by atoms with van der Waals surface area (Å²) in [5.41, 5.74) is 0.997. The minimum absolute atomic E-state index is 0.0415. The predicted octanol–water partition coefficient (Wildman–Crippen LogP) is 7.03. The summed E-state index contributed by atoms with van der Waals surface area (Å²) in [6, 6.07) is 23.8. The first-order valence-electron chi connectivity index (χ1n) is 14.4. The van der Waals surface area contributed by atoms with E-state index in [1.165, 1.54) is 51.7 Å². The second kappa shape index (κ2) is 13.2. The van der Waals surface area contributed by atoms with Crippen molar-refractivity contribution in [2.24, 2.45) is 0 Å². The molecule has 0 spiro atoms. The SMILES string of the molecule is CC(C)(C)c1ccc(S(=O)(=O)N2CCN(C(=O)c3cc(Cl)ccc3NS(=O)(=O)c3ccc(Oc4ccccc4Cl)cc3)CC2)cc1. The number of carbonyl (C=O) groups is 1. The van der Waals surface area contributed by atoms with Crippen LogP contribution in [0, 0.1) is 0 Å².